The van der Waals surface area contributed by atoms with Crippen LogP contribution in [0.5, 0.6) is 0 Å². The summed E-state index contributed by atoms with van der Waals surface area (Å²) in [5.41, 5.74) is 0. The lowest BCUT2D eigenvalue weighted by atomic mass is 9.99. The molecule has 0 aliphatic carbocycles. The van der Waals surface area contributed by atoms with Gasteiger partial charge in [0.25, 0.3) is 0 Å². The van der Waals surface area contributed by atoms with Crippen LogP contribution in [0.25, 0.3) is 0 Å². The van der Waals surface area contributed by atoms with Gasteiger partial charge in [-0.3, -0.25) is 0 Å². The minimum absolute atomic E-state index is 0.0296. The fraction of sp³-hybridized carbons (Fsp3) is 0.750. The Kier molecular flexibility index (Phi) is 5.86. The summed E-state index contributed by atoms with van der Waals surface area (Å²) in [5.74, 6) is 0.322. The normalized spacial score (nSPS) is 13.8. The van der Waals surface area contributed by atoms with E-state index >= 15 is 0 Å². The van der Waals surface area contributed by atoms with Gasteiger partial charge in [0.05, 0.1) is 6.54 Å². The Morgan fingerprint density at radius 3 is 2.62 bits per heavy atom. The Bertz CT molecular complexity index is 251. The number of halogens is 2. The standard InChI is InChI=1S/C8H15F2NOS/c1-3-5-8(4-2)6-7-11-13(9,10)12/h3,8H,1,4-7H2,2H3. The molecule has 0 saturated heterocycles. The van der Waals surface area contributed by atoms with E-state index in [0.717, 1.165) is 12.8 Å². The third-order valence-corrected chi connectivity index (χ3v) is 2.34. The van der Waals surface area contributed by atoms with Crippen LogP contribution >= 0.6 is 0 Å². The smallest absolute Gasteiger partial charge is 0.182 e. The average Bonchev–Trinajstić information content (AvgIpc) is 2.01. The van der Waals surface area contributed by atoms with E-state index in [1.807, 2.05) is 6.92 Å². The summed E-state index contributed by atoms with van der Waals surface area (Å²) in [6.07, 6.45) is 4.01. The second-order valence-electron chi connectivity index (χ2n) is 2.84. The van der Waals surface area contributed by atoms with Gasteiger partial charge in [-0.25, -0.2) is 0 Å². The summed E-state index contributed by atoms with van der Waals surface area (Å²) in [7, 11) is -4.89. The van der Waals surface area contributed by atoms with Gasteiger partial charge in [0, 0.05) is 0 Å². The number of nitrogens with zero attached hydrogens (tertiary/aromatic N) is 1. The quantitative estimate of drug-likeness (QED) is 0.490. The highest BCUT2D eigenvalue weighted by Gasteiger charge is 2.05. The molecule has 0 aliphatic rings. The molecule has 2 nitrogen and oxygen atoms in total. The molecule has 1 unspecified atom stereocenters. The minimum Gasteiger partial charge on any atom is -0.182 e. The number of hydrogen-bond acceptors (Lipinski definition) is 2. The van der Waals surface area contributed by atoms with Crippen LogP contribution in [0.3, 0.4) is 0 Å². The summed E-state index contributed by atoms with van der Waals surface area (Å²) in [6, 6.07) is 0. The van der Waals surface area contributed by atoms with Crippen LogP contribution in [0, 0.1) is 5.92 Å². The van der Waals surface area contributed by atoms with E-state index in [9.17, 15) is 12.0 Å². The van der Waals surface area contributed by atoms with Crippen LogP contribution in [0.15, 0.2) is 17.0 Å². The Hall–Kier alpha value is -0.450. The van der Waals surface area contributed by atoms with Crippen molar-refractivity contribution in [2.75, 3.05) is 6.54 Å². The van der Waals surface area contributed by atoms with Crippen molar-refractivity contribution in [1.82, 2.24) is 0 Å². The van der Waals surface area contributed by atoms with E-state index in [0.29, 0.717) is 12.3 Å². The maximum absolute atomic E-state index is 11.8. The number of rotatable bonds is 6. The van der Waals surface area contributed by atoms with Crippen molar-refractivity contribution < 1.29 is 12.0 Å². The van der Waals surface area contributed by atoms with Gasteiger partial charge in [0.1, 0.15) is 0 Å². The molecular weight excluding hydrogens is 196 g/mol. The van der Waals surface area contributed by atoms with Crippen molar-refractivity contribution in [3.63, 3.8) is 0 Å². The molecule has 0 saturated carbocycles. The molecule has 78 valence electrons. The molecule has 5 heteroatoms. The Morgan fingerprint density at radius 1 is 1.62 bits per heavy atom. The molecule has 1 atom stereocenters. The first-order valence-electron chi connectivity index (χ1n) is 4.22. The lowest BCUT2D eigenvalue weighted by Gasteiger charge is -2.09. The maximum Gasteiger partial charge on any atom is 0.366 e. The van der Waals surface area contributed by atoms with Crippen molar-refractivity contribution in [2.24, 2.45) is 10.3 Å². The minimum atomic E-state index is -4.89. The predicted molar refractivity (Wildman–Crippen MR) is 50.9 cm³/mol. The summed E-state index contributed by atoms with van der Waals surface area (Å²) < 4.78 is 36.3. The molecule has 0 aromatic carbocycles. The van der Waals surface area contributed by atoms with Crippen molar-refractivity contribution in [2.45, 2.75) is 26.2 Å². The molecule has 0 aliphatic heterocycles. The largest absolute Gasteiger partial charge is 0.366 e. The molecule has 13 heavy (non-hydrogen) atoms. The van der Waals surface area contributed by atoms with Gasteiger partial charge in [-0.1, -0.05) is 27.2 Å². The lowest BCUT2D eigenvalue weighted by molar-refractivity contribution is 0.482. The van der Waals surface area contributed by atoms with Gasteiger partial charge >= 0.3 is 10.5 Å². The molecular formula is C8H15F2NOS. The Labute approximate surface area is 78.8 Å². The van der Waals surface area contributed by atoms with Gasteiger partial charge in [0.15, 0.2) is 0 Å². The van der Waals surface area contributed by atoms with Crippen LogP contribution in [-0.2, 0) is 10.5 Å². The van der Waals surface area contributed by atoms with Crippen molar-refractivity contribution in [3.05, 3.63) is 12.7 Å². The van der Waals surface area contributed by atoms with Crippen LogP contribution in [0.4, 0.5) is 7.77 Å². The zero-order valence-corrected chi connectivity index (χ0v) is 8.53. The van der Waals surface area contributed by atoms with Gasteiger partial charge < -0.3 is 0 Å². The topological polar surface area (TPSA) is 29.4 Å². The highest BCUT2D eigenvalue weighted by Crippen LogP contribution is 2.14. The molecule has 0 amide bonds. The highest BCUT2D eigenvalue weighted by molar-refractivity contribution is 7.83. The lowest BCUT2D eigenvalue weighted by Crippen LogP contribution is -1.99. The monoisotopic (exact) mass is 211 g/mol. The molecule has 0 spiro atoms. The molecule has 0 radical (unpaired) electrons. The summed E-state index contributed by atoms with van der Waals surface area (Å²) in [5, 5.41) is 0. The first-order valence-corrected chi connectivity index (χ1v) is 5.54. The third-order valence-electron chi connectivity index (χ3n) is 1.86. The second-order valence-corrected chi connectivity index (χ2v) is 3.89. The van der Waals surface area contributed by atoms with Gasteiger partial charge in [0.2, 0.25) is 0 Å². The van der Waals surface area contributed by atoms with Gasteiger partial charge in [-0.2, -0.15) is 8.57 Å². The fourth-order valence-electron chi connectivity index (χ4n) is 1.07. The van der Waals surface area contributed by atoms with E-state index in [2.05, 4.69) is 10.9 Å². The van der Waals surface area contributed by atoms with Gasteiger partial charge in [-0.15, -0.1) is 6.58 Å². The summed E-state index contributed by atoms with van der Waals surface area (Å²) in [4.78, 5) is 0. The van der Waals surface area contributed by atoms with E-state index in [-0.39, 0.29) is 6.54 Å². The second kappa shape index (κ2) is 6.07. The molecule has 0 fully saturated rings. The summed E-state index contributed by atoms with van der Waals surface area (Å²) >= 11 is 0. The molecule has 0 aromatic heterocycles. The zero-order valence-electron chi connectivity index (χ0n) is 7.71. The first kappa shape index (κ1) is 12.6. The van der Waals surface area contributed by atoms with Crippen LogP contribution < -0.4 is 0 Å². The van der Waals surface area contributed by atoms with Crippen LogP contribution in [0.2, 0.25) is 0 Å². The predicted octanol–water partition coefficient (Wildman–Crippen LogP) is 3.22. The van der Waals surface area contributed by atoms with E-state index < -0.39 is 10.5 Å². The van der Waals surface area contributed by atoms with E-state index in [4.69, 9.17) is 0 Å². The Morgan fingerprint density at radius 2 is 2.23 bits per heavy atom. The zero-order chi connectivity index (χ0) is 10.3. The maximum atomic E-state index is 11.8. The first-order chi connectivity index (χ1) is 5.99. The van der Waals surface area contributed by atoms with E-state index in [1.165, 1.54) is 0 Å². The molecule has 0 bridgehead atoms. The molecule has 0 N–H and O–H groups in total. The van der Waals surface area contributed by atoms with Crippen LogP contribution in [0.1, 0.15) is 26.2 Å². The number of allylic oxidation sites excluding steroid dienone is 1. The molecule has 0 aromatic rings. The van der Waals surface area contributed by atoms with Crippen molar-refractivity contribution >= 4 is 10.5 Å². The van der Waals surface area contributed by atoms with E-state index in [1.54, 1.807) is 6.08 Å². The van der Waals surface area contributed by atoms with Crippen molar-refractivity contribution in [3.8, 4) is 0 Å². The fourth-order valence-corrected chi connectivity index (χ4v) is 1.38. The Balaban J connectivity index is 3.86. The third kappa shape index (κ3) is 7.90. The SMILES string of the molecule is C=CCC(CC)CCN=S(=O)(F)F. The summed E-state index contributed by atoms with van der Waals surface area (Å²) in [6.45, 7) is 5.52. The molecule has 0 rings (SSSR count). The average molecular weight is 211 g/mol. The van der Waals surface area contributed by atoms with Crippen molar-refractivity contribution in [1.29, 1.82) is 0 Å². The van der Waals surface area contributed by atoms with Gasteiger partial charge in [-0.05, 0) is 18.8 Å². The highest BCUT2D eigenvalue weighted by atomic mass is 32.3. The number of hydrogen-bond donors (Lipinski definition) is 0. The molecule has 0 heterocycles. The van der Waals surface area contributed by atoms with Crippen LogP contribution in [-0.4, -0.2) is 10.8 Å².